The summed E-state index contributed by atoms with van der Waals surface area (Å²) < 4.78 is 4.18. The van der Waals surface area contributed by atoms with Crippen molar-refractivity contribution in [1.82, 2.24) is 0 Å². The minimum Gasteiger partial charge on any atom is -0.545 e. The zero-order valence-corrected chi connectivity index (χ0v) is 15.9. The van der Waals surface area contributed by atoms with Crippen molar-refractivity contribution in [1.29, 1.82) is 0 Å². The van der Waals surface area contributed by atoms with Crippen molar-refractivity contribution in [2.75, 3.05) is 6.61 Å². The summed E-state index contributed by atoms with van der Waals surface area (Å²) in [4.78, 5) is 46.2. The molecular weight excluding hydrogens is 401 g/mol. The summed E-state index contributed by atoms with van der Waals surface area (Å²) in [5.74, 6) is -4.93. The quantitative estimate of drug-likeness (QED) is 0.332. The van der Waals surface area contributed by atoms with Crippen LogP contribution in [0.25, 0.3) is 0 Å². The standard InChI is InChI=1S/C3H7NO2.4C3H4O2.FH.Si/c1-2-6-3(4)5;4*1-2-3(4)5;;/h2H2,1H3,(H2,4,5);4*2H,1H2,(H,4,5);1H;/q;;;;;;+4/p-4. The van der Waals surface area contributed by atoms with E-state index in [0.717, 1.165) is 24.3 Å². The van der Waals surface area contributed by atoms with Crippen molar-refractivity contribution in [3.8, 4) is 0 Å². The second kappa shape index (κ2) is 38.7. The molecule has 11 nitrogen and oxygen atoms in total. The van der Waals surface area contributed by atoms with Crippen LogP contribution in [0, 0.1) is 0 Å². The van der Waals surface area contributed by atoms with Gasteiger partial charge in [-0.3, -0.25) is 4.70 Å². The number of hydrogen-bond acceptors (Lipinski definition) is 10. The summed E-state index contributed by atoms with van der Waals surface area (Å²) in [6.07, 6.45) is 2.18. The van der Waals surface area contributed by atoms with Crippen LogP contribution in [0.15, 0.2) is 50.6 Å². The molecular formula is C15H20FNO10Si. The van der Waals surface area contributed by atoms with Gasteiger partial charge in [0, 0.05) is 0 Å². The molecule has 1 amide bonds. The van der Waals surface area contributed by atoms with Gasteiger partial charge in [-0.15, -0.1) is 0 Å². The van der Waals surface area contributed by atoms with Crippen molar-refractivity contribution in [2.45, 2.75) is 6.92 Å². The number of carbonyl (C=O) groups excluding carboxylic acids is 5. The van der Waals surface area contributed by atoms with Crippen LogP contribution < -0.4 is 26.2 Å². The molecule has 0 saturated carbocycles. The Labute approximate surface area is 165 Å². The predicted octanol–water partition coefficient (Wildman–Crippen LogP) is -4.44. The van der Waals surface area contributed by atoms with Crippen LogP contribution in [0.1, 0.15) is 6.92 Å². The number of rotatable bonds is 5. The van der Waals surface area contributed by atoms with E-state index in [4.69, 9.17) is 39.6 Å². The molecule has 2 N–H and O–H groups in total. The summed E-state index contributed by atoms with van der Waals surface area (Å²) in [6, 6.07) is 0. The summed E-state index contributed by atoms with van der Waals surface area (Å²) in [7, 11) is 0. The Kier molecular flexibility index (Phi) is 60.9. The first-order valence-corrected chi connectivity index (χ1v) is 6.11. The van der Waals surface area contributed by atoms with Crippen molar-refractivity contribution >= 4 is 40.9 Å². The first-order valence-electron chi connectivity index (χ1n) is 6.11. The molecule has 0 aliphatic heterocycles. The summed E-state index contributed by atoms with van der Waals surface area (Å²) in [5.41, 5.74) is 4.54. The maximum Gasteiger partial charge on any atom is 4.00 e. The van der Waals surface area contributed by atoms with Gasteiger partial charge in [-0.1, -0.05) is 26.3 Å². The fourth-order valence-corrected chi connectivity index (χ4v) is 0.142. The van der Waals surface area contributed by atoms with E-state index in [1.807, 2.05) is 0 Å². The minimum absolute atomic E-state index is 0. The number of carbonyl (C=O) groups is 5. The molecule has 0 radical (unpaired) electrons. The first kappa shape index (κ1) is 44.1. The number of halogens is 1. The van der Waals surface area contributed by atoms with Crippen LogP contribution in [0.4, 0.5) is 9.50 Å². The number of carboxylic acid groups (broad SMARTS) is 4. The van der Waals surface area contributed by atoms with Gasteiger partial charge in [0.25, 0.3) is 0 Å². The van der Waals surface area contributed by atoms with Crippen molar-refractivity contribution in [2.24, 2.45) is 5.73 Å². The third kappa shape index (κ3) is 191. The Morgan fingerprint density at radius 1 is 0.750 bits per heavy atom. The SMILES string of the molecule is C=CC(=O)[O-].C=CC(=O)[O-].C=CC(=O)[O-].C=CC(=O)[O-].CCOC(N)=O.F.[Si+4]. The molecule has 0 aromatic heterocycles. The van der Waals surface area contributed by atoms with Gasteiger partial charge in [-0.05, 0) is 31.2 Å². The molecule has 0 rings (SSSR count). The van der Waals surface area contributed by atoms with Gasteiger partial charge in [-0.25, -0.2) is 4.79 Å². The van der Waals surface area contributed by atoms with Crippen LogP contribution in [0.3, 0.4) is 0 Å². The number of hydrogen-bond donors (Lipinski definition) is 1. The van der Waals surface area contributed by atoms with E-state index in [0.29, 0.717) is 6.61 Å². The molecule has 0 aromatic rings. The normalized spacial score (nSPS) is 6.18. The molecule has 0 atom stereocenters. The Morgan fingerprint density at radius 2 is 0.893 bits per heavy atom. The molecule has 0 spiro atoms. The van der Waals surface area contributed by atoms with Crippen LogP contribution in [0.2, 0.25) is 0 Å². The van der Waals surface area contributed by atoms with Gasteiger partial charge in [0.1, 0.15) is 0 Å². The zero-order chi connectivity index (χ0) is 22.1. The topological polar surface area (TPSA) is 213 Å². The van der Waals surface area contributed by atoms with Gasteiger partial charge in [-0.2, -0.15) is 0 Å². The average Bonchev–Trinajstić information content (AvgIpc) is 2.56. The number of ether oxygens (including phenoxy) is 1. The first-order chi connectivity index (χ1) is 11.9. The van der Waals surface area contributed by atoms with Gasteiger partial charge in [0.15, 0.2) is 0 Å². The van der Waals surface area contributed by atoms with Crippen molar-refractivity contribution in [3.63, 3.8) is 0 Å². The summed E-state index contributed by atoms with van der Waals surface area (Å²) >= 11 is 0. The molecule has 13 heteroatoms. The molecule has 0 heterocycles. The third-order valence-corrected chi connectivity index (χ3v) is 0.953. The second-order valence-electron chi connectivity index (χ2n) is 2.84. The van der Waals surface area contributed by atoms with Gasteiger partial charge < -0.3 is 50.1 Å². The second-order valence-corrected chi connectivity index (χ2v) is 2.84. The molecule has 0 aromatic carbocycles. The Morgan fingerprint density at radius 3 is 0.893 bits per heavy atom. The number of primary amides is 1. The Balaban J connectivity index is -0.0000000388. The third-order valence-electron chi connectivity index (χ3n) is 0.953. The maximum atomic E-state index is 9.60. The molecule has 0 aliphatic carbocycles. The number of nitrogens with two attached hydrogens (primary N) is 1. The van der Waals surface area contributed by atoms with E-state index in [9.17, 15) is 4.79 Å². The largest absolute Gasteiger partial charge is 4.00 e. The zero-order valence-electron chi connectivity index (χ0n) is 14.9. The average molecular weight is 421 g/mol. The van der Waals surface area contributed by atoms with E-state index >= 15 is 0 Å². The van der Waals surface area contributed by atoms with Crippen LogP contribution in [-0.2, 0) is 23.9 Å². The molecule has 0 aliphatic rings. The monoisotopic (exact) mass is 421 g/mol. The van der Waals surface area contributed by atoms with Gasteiger partial charge in [0.2, 0.25) is 0 Å². The fraction of sp³-hybridized carbons (Fsp3) is 0.133. The van der Waals surface area contributed by atoms with E-state index in [1.165, 1.54) is 0 Å². The molecule has 0 unspecified atom stereocenters. The fourth-order valence-electron chi connectivity index (χ4n) is 0.142. The van der Waals surface area contributed by atoms with E-state index < -0.39 is 30.0 Å². The molecule has 0 bridgehead atoms. The maximum absolute atomic E-state index is 9.60. The summed E-state index contributed by atoms with van der Waals surface area (Å²) in [6.45, 7) is 13.6. The number of carboxylic acids is 4. The molecule has 0 saturated heterocycles. The van der Waals surface area contributed by atoms with Crippen LogP contribution >= 0.6 is 0 Å². The molecule has 0 fully saturated rings. The van der Waals surface area contributed by atoms with Crippen LogP contribution in [-0.4, -0.2) is 47.5 Å². The Bertz CT molecular complexity index is 423. The van der Waals surface area contributed by atoms with Crippen LogP contribution in [0.5, 0.6) is 0 Å². The van der Waals surface area contributed by atoms with E-state index in [-0.39, 0.29) is 15.7 Å². The summed E-state index contributed by atoms with van der Waals surface area (Å²) in [5, 5.41) is 36.6. The number of amides is 1. The van der Waals surface area contributed by atoms with Gasteiger partial charge >= 0.3 is 17.1 Å². The Hall–Kier alpha value is -3.74. The van der Waals surface area contributed by atoms with Crippen molar-refractivity contribution < 1.29 is 53.8 Å². The number of aliphatic carboxylic acids is 4. The smallest absolute Gasteiger partial charge is 0.545 e. The van der Waals surface area contributed by atoms with Gasteiger partial charge in [0.05, 0.1) is 30.5 Å². The van der Waals surface area contributed by atoms with E-state index in [2.05, 4.69) is 36.8 Å². The predicted molar refractivity (Wildman–Crippen MR) is 90.3 cm³/mol. The minimum atomic E-state index is -1.23. The van der Waals surface area contributed by atoms with Crippen molar-refractivity contribution in [3.05, 3.63) is 50.6 Å². The molecule has 28 heavy (non-hydrogen) atoms. The molecule has 156 valence electrons. The van der Waals surface area contributed by atoms with E-state index in [1.54, 1.807) is 6.92 Å².